The van der Waals surface area contributed by atoms with Crippen LogP contribution in [0.4, 0.5) is 17.3 Å². The summed E-state index contributed by atoms with van der Waals surface area (Å²) in [4.78, 5) is 30.4. The van der Waals surface area contributed by atoms with E-state index in [1.165, 1.54) is 17.0 Å². The highest BCUT2D eigenvalue weighted by Gasteiger charge is 2.25. The van der Waals surface area contributed by atoms with Crippen LogP contribution in [0.3, 0.4) is 0 Å². The Morgan fingerprint density at radius 1 is 1.14 bits per heavy atom. The fourth-order valence-electron chi connectivity index (χ4n) is 3.68. The average Bonchev–Trinajstić information content (AvgIpc) is 3.60. The van der Waals surface area contributed by atoms with Gasteiger partial charge in [0.05, 0.1) is 25.3 Å². The number of carbonyl (C=O) groups excluding carboxylic acids is 1. The Labute approximate surface area is 210 Å². The Balaban J connectivity index is 1.40. The maximum atomic E-state index is 13.4. The highest BCUT2D eigenvalue weighted by molar-refractivity contribution is 6.30. The maximum absolute atomic E-state index is 13.4. The Morgan fingerprint density at radius 2 is 1.94 bits per heavy atom. The maximum Gasteiger partial charge on any atom is 0.279 e. The van der Waals surface area contributed by atoms with Crippen LogP contribution in [0.2, 0.25) is 5.02 Å². The normalized spacial score (nSPS) is 15.0. The lowest BCUT2D eigenvalue weighted by Crippen LogP contribution is -2.31. The van der Waals surface area contributed by atoms with E-state index in [9.17, 15) is 9.59 Å². The molecule has 2 aromatic heterocycles. The molecule has 10 nitrogen and oxygen atoms in total. The van der Waals surface area contributed by atoms with Gasteiger partial charge in [-0.3, -0.25) is 14.2 Å². The number of hydrogen-bond donors (Lipinski definition) is 2. The Bertz CT molecular complexity index is 1380. The van der Waals surface area contributed by atoms with E-state index in [1.54, 1.807) is 42.5 Å². The first-order valence-electron chi connectivity index (χ1n) is 11.2. The van der Waals surface area contributed by atoms with E-state index >= 15 is 0 Å². The summed E-state index contributed by atoms with van der Waals surface area (Å²) in [6.07, 6.45) is 3.40. The zero-order valence-corrected chi connectivity index (χ0v) is 19.8. The smallest absolute Gasteiger partial charge is 0.279 e. The van der Waals surface area contributed by atoms with Gasteiger partial charge in [0.25, 0.3) is 11.4 Å². The molecule has 4 aromatic rings. The van der Waals surface area contributed by atoms with E-state index in [4.69, 9.17) is 25.6 Å². The largest absolute Gasteiger partial charge is 0.436 e. The molecule has 1 fully saturated rings. The van der Waals surface area contributed by atoms with E-state index in [-0.39, 0.29) is 29.6 Å². The first-order chi connectivity index (χ1) is 17.5. The molecule has 0 bridgehead atoms. The van der Waals surface area contributed by atoms with Crippen LogP contribution in [-0.2, 0) is 16.1 Å². The monoisotopic (exact) mass is 507 g/mol. The van der Waals surface area contributed by atoms with Gasteiger partial charge in [-0.15, -0.1) is 0 Å². The van der Waals surface area contributed by atoms with Crippen LogP contribution in [-0.4, -0.2) is 33.8 Å². The number of carbonyl (C=O) groups is 1. The van der Waals surface area contributed by atoms with Gasteiger partial charge in [0, 0.05) is 23.4 Å². The van der Waals surface area contributed by atoms with Crippen molar-refractivity contribution in [1.29, 1.82) is 0 Å². The van der Waals surface area contributed by atoms with Crippen LogP contribution in [0, 0.1) is 5.92 Å². The van der Waals surface area contributed by atoms with Crippen molar-refractivity contribution in [3.8, 4) is 11.6 Å². The van der Waals surface area contributed by atoms with Crippen molar-refractivity contribution in [2.45, 2.75) is 13.0 Å². The number of nitrogens with one attached hydrogen (secondary N) is 2. The van der Waals surface area contributed by atoms with Crippen molar-refractivity contribution in [3.63, 3.8) is 0 Å². The lowest BCUT2D eigenvalue weighted by atomic mass is 10.1. The third-order valence-electron chi connectivity index (χ3n) is 5.61. The third-order valence-corrected chi connectivity index (χ3v) is 5.86. The molecule has 5 rings (SSSR count). The van der Waals surface area contributed by atoms with Crippen LogP contribution in [0.25, 0.3) is 0 Å². The molecule has 2 N–H and O–H groups in total. The van der Waals surface area contributed by atoms with Gasteiger partial charge >= 0.3 is 0 Å². The second kappa shape index (κ2) is 10.6. The number of anilines is 3. The standard InChI is InChI=1S/C25H22ClN5O5/c26-18-3-1-16(2-4-18)14-31-24(33)21(29-23(32)17-9-11-34-15-17)13-27-25(31)28-19-5-7-20(8-6-19)36-22-10-12-35-30-22/h1-8,10,12-13,17H,9,11,14-15H2,(H,27,28)(H,29,32)/t17-/m1/s1. The second-order valence-corrected chi connectivity index (χ2v) is 8.59. The predicted molar refractivity (Wildman–Crippen MR) is 133 cm³/mol. The topological polar surface area (TPSA) is 121 Å². The number of halogens is 1. The molecule has 0 aliphatic carbocycles. The van der Waals surface area contributed by atoms with Gasteiger partial charge in [0.1, 0.15) is 17.7 Å². The molecule has 1 saturated heterocycles. The number of benzene rings is 2. The summed E-state index contributed by atoms with van der Waals surface area (Å²) in [5.74, 6) is 0.672. The summed E-state index contributed by atoms with van der Waals surface area (Å²) in [5, 5.41) is 10.2. The van der Waals surface area contributed by atoms with Crippen LogP contribution in [0.5, 0.6) is 11.6 Å². The van der Waals surface area contributed by atoms with Crippen molar-refractivity contribution >= 4 is 34.8 Å². The summed E-state index contributed by atoms with van der Waals surface area (Å²) in [7, 11) is 0. The van der Waals surface area contributed by atoms with Crippen LogP contribution < -0.4 is 20.9 Å². The van der Waals surface area contributed by atoms with E-state index < -0.39 is 0 Å². The van der Waals surface area contributed by atoms with Gasteiger partial charge < -0.3 is 24.6 Å². The number of rotatable bonds is 8. The van der Waals surface area contributed by atoms with Gasteiger partial charge in [-0.25, -0.2) is 4.98 Å². The summed E-state index contributed by atoms with van der Waals surface area (Å²) in [6.45, 7) is 1.09. The molecular weight excluding hydrogens is 486 g/mol. The van der Waals surface area contributed by atoms with Gasteiger partial charge in [0.15, 0.2) is 0 Å². The molecule has 3 heterocycles. The SMILES string of the molecule is O=C(Nc1cnc(Nc2ccc(Oc3ccon3)cc2)n(Cc2ccc(Cl)cc2)c1=O)[C@@H]1CCOC1. The van der Waals surface area contributed by atoms with E-state index in [2.05, 4.69) is 20.8 Å². The number of hydrogen-bond acceptors (Lipinski definition) is 8. The van der Waals surface area contributed by atoms with Crippen molar-refractivity contribution in [2.24, 2.45) is 5.92 Å². The lowest BCUT2D eigenvalue weighted by molar-refractivity contribution is -0.119. The molecule has 1 amide bonds. The molecule has 0 unspecified atom stereocenters. The zero-order chi connectivity index (χ0) is 24.9. The fourth-order valence-corrected chi connectivity index (χ4v) is 3.81. The zero-order valence-electron chi connectivity index (χ0n) is 19.0. The minimum Gasteiger partial charge on any atom is -0.436 e. The van der Waals surface area contributed by atoms with Gasteiger partial charge in [-0.05, 0) is 53.5 Å². The molecule has 0 radical (unpaired) electrons. The molecule has 11 heteroatoms. The third kappa shape index (κ3) is 5.56. The Hall–Kier alpha value is -4.15. The van der Waals surface area contributed by atoms with Crippen molar-refractivity contribution < 1.29 is 18.8 Å². The summed E-state index contributed by atoms with van der Waals surface area (Å²) in [5.41, 5.74) is 1.23. The molecule has 36 heavy (non-hydrogen) atoms. The van der Waals surface area contributed by atoms with Crippen molar-refractivity contribution in [3.05, 3.63) is 88.0 Å². The molecule has 1 atom stereocenters. The predicted octanol–water partition coefficient (Wildman–Crippen LogP) is 4.44. The molecule has 1 aliphatic heterocycles. The highest BCUT2D eigenvalue weighted by atomic mass is 35.5. The number of amides is 1. The van der Waals surface area contributed by atoms with E-state index in [1.807, 2.05) is 12.1 Å². The molecular formula is C25H22ClN5O5. The number of aromatic nitrogens is 3. The van der Waals surface area contributed by atoms with E-state index in [0.717, 1.165) is 5.56 Å². The Morgan fingerprint density at radius 3 is 2.64 bits per heavy atom. The second-order valence-electron chi connectivity index (χ2n) is 8.15. The molecule has 2 aromatic carbocycles. The molecule has 1 aliphatic rings. The number of ether oxygens (including phenoxy) is 2. The molecule has 0 saturated carbocycles. The molecule has 0 spiro atoms. The first kappa shape index (κ1) is 23.6. The quantitative estimate of drug-likeness (QED) is 0.359. The molecule has 184 valence electrons. The van der Waals surface area contributed by atoms with Crippen molar-refractivity contribution in [1.82, 2.24) is 14.7 Å². The van der Waals surface area contributed by atoms with Gasteiger partial charge in [-0.1, -0.05) is 23.7 Å². The van der Waals surface area contributed by atoms with E-state index in [0.29, 0.717) is 47.9 Å². The summed E-state index contributed by atoms with van der Waals surface area (Å²) < 4.78 is 17.1. The summed E-state index contributed by atoms with van der Waals surface area (Å²) >= 11 is 6.02. The lowest BCUT2D eigenvalue weighted by Gasteiger charge is -2.16. The first-order valence-corrected chi connectivity index (χ1v) is 11.6. The average molecular weight is 508 g/mol. The number of nitrogens with zero attached hydrogens (tertiary/aromatic N) is 3. The fraction of sp³-hybridized carbons (Fsp3) is 0.200. The van der Waals surface area contributed by atoms with Crippen LogP contribution >= 0.6 is 11.6 Å². The summed E-state index contributed by atoms with van der Waals surface area (Å²) in [6, 6.07) is 15.8. The Kier molecular flexibility index (Phi) is 6.96. The highest BCUT2D eigenvalue weighted by Crippen LogP contribution is 2.23. The minimum atomic E-state index is -0.388. The van der Waals surface area contributed by atoms with Crippen LogP contribution in [0.1, 0.15) is 12.0 Å². The van der Waals surface area contributed by atoms with Gasteiger partial charge in [0.2, 0.25) is 11.9 Å². The van der Waals surface area contributed by atoms with Gasteiger partial charge in [-0.2, -0.15) is 0 Å². The minimum absolute atomic E-state index is 0.0998. The van der Waals surface area contributed by atoms with Crippen LogP contribution in [0.15, 0.2) is 76.4 Å². The van der Waals surface area contributed by atoms with Crippen molar-refractivity contribution in [2.75, 3.05) is 23.8 Å².